The maximum absolute atomic E-state index is 11.2. The molecular formula is C13H15N3OS2. The Morgan fingerprint density at radius 3 is 2.74 bits per heavy atom. The Morgan fingerprint density at radius 2 is 2.11 bits per heavy atom. The van der Waals surface area contributed by atoms with Crippen LogP contribution in [-0.4, -0.2) is 23.7 Å². The van der Waals surface area contributed by atoms with Crippen molar-refractivity contribution < 1.29 is 4.79 Å². The summed E-state index contributed by atoms with van der Waals surface area (Å²) in [5.41, 5.74) is 8.99. The van der Waals surface area contributed by atoms with Crippen LogP contribution in [0, 0.1) is 6.92 Å². The van der Waals surface area contributed by atoms with Gasteiger partial charge in [0.05, 0.1) is 5.75 Å². The molecular weight excluding hydrogens is 278 g/mol. The van der Waals surface area contributed by atoms with Gasteiger partial charge in [0.1, 0.15) is 10.7 Å². The first-order chi connectivity index (χ1) is 9.10. The minimum Gasteiger partial charge on any atom is -0.389 e. The van der Waals surface area contributed by atoms with Crippen LogP contribution in [0.15, 0.2) is 28.6 Å². The van der Waals surface area contributed by atoms with E-state index in [9.17, 15) is 4.79 Å². The fourth-order valence-electron chi connectivity index (χ4n) is 1.49. The third kappa shape index (κ3) is 3.48. The topological polar surface area (TPSA) is 68.0 Å². The number of nitrogens with zero attached hydrogens (tertiary/aromatic N) is 1. The largest absolute Gasteiger partial charge is 0.389 e. The Kier molecular flexibility index (Phi) is 4.44. The number of aryl methyl sites for hydroxylation is 1. The van der Waals surface area contributed by atoms with Gasteiger partial charge in [-0.15, -0.1) is 0 Å². The number of hydrogen-bond donors (Lipinski definition) is 2. The van der Waals surface area contributed by atoms with Gasteiger partial charge in [-0.25, -0.2) is 4.98 Å². The first kappa shape index (κ1) is 13.9. The Labute approximate surface area is 120 Å². The summed E-state index contributed by atoms with van der Waals surface area (Å²) in [6.45, 7) is 2.04. The van der Waals surface area contributed by atoms with Crippen LogP contribution in [0.3, 0.4) is 0 Å². The minimum absolute atomic E-state index is 0.0179. The van der Waals surface area contributed by atoms with Gasteiger partial charge in [0, 0.05) is 12.6 Å². The molecule has 0 aliphatic heterocycles. The van der Waals surface area contributed by atoms with Crippen LogP contribution in [0.5, 0.6) is 0 Å². The summed E-state index contributed by atoms with van der Waals surface area (Å²) in [5, 5.41) is 3.26. The molecule has 0 fully saturated rings. The van der Waals surface area contributed by atoms with E-state index in [0.29, 0.717) is 10.8 Å². The number of nitrogen functional groups attached to an aromatic ring is 1. The molecule has 3 N–H and O–H groups in total. The van der Waals surface area contributed by atoms with E-state index in [2.05, 4.69) is 10.3 Å². The molecule has 0 aliphatic carbocycles. The van der Waals surface area contributed by atoms with E-state index in [4.69, 9.17) is 5.73 Å². The van der Waals surface area contributed by atoms with Crippen LogP contribution < -0.4 is 11.1 Å². The van der Waals surface area contributed by atoms with Crippen molar-refractivity contribution in [1.82, 2.24) is 10.3 Å². The van der Waals surface area contributed by atoms with Gasteiger partial charge in [0.25, 0.3) is 0 Å². The van der Waals surface area contributed by atoms with E-state index in [0.717, 1.165) is 15.6 Å². The highest BCUT2D eigenvalue weighted by Crippen LogP contribution is 2.35. The molecule has 1 heterocycles. The van der Waals surface area contributed by atoms with Crippen LogP contribution >= 0.6 is 23.1 Å². The van der Waals surface area contributed by atoms with Crippen molar-refractivity contribution >= 4 is 34.0 Å². The lowest BCUT2D eigenvalue weighted by Crippen LogP contribution is -2.19. The number of carbonyl (C=O) groups is 1. The summed E-state index contributed by atoms with van der Waals surface area (Å²) >= 11 is 2.82. The maximum atomic E-state index is 11.2. The first-order valence-corrected chi connectivity index (χ1v) is 7.57. The van der Waals surface area contributed by atoms with Crippen molar-refractivity contribution in [3.05, 3.63) is 29.8 Å². The van der Waals surface area contributed by atoms with E-state index in [1.807, 2.05) is 31.2 Å². The van der Waals surface area contributed by atoms with Crippen LogP contribution in [0.2, 0.25) is 0 Å². The second kappa shape index (κ2) is 6.08. The molecule has 2 rings (SSSR count). The van der Waals surface area contributed by atoms with Gasteiger partial charge in [-0.05, 0) is 6.92 Å². The van der Waals surface area contributed by atoms with Gasteiger partial charge in [0.15, 0.2) is 4.34 Å². The van der Waals surface area contributed by atoms with E-state index >= 15 is 0 Å². The van der Waals surface area contributed by atoms with Gasteiger partial charge < -0.3 is 11.1 Å². The molecule has 0 bridgehead atoms. The van der Waals surface area contributed by atoms with Crippen LogP contribution in [0.4, 0.5) is 5.00 Å². The van der Waals surface area contributed by atoms with Gasteiger partial charge >= 0.3 is 0 Å². The van der Waals surface area contributed by atoms with E-state index in [1.54, 1.807) is 7.05 Å². The normalized spacial score (nSPS) is 10.4. The molecule has 0 saturated heterocycles. The fraction of sp³-hybridized carbons (Fsp3) is 0.231. The summed E-state index contributed by atoms with van der Waals surface area (Å²) in [7, 11) is 1.62. The van der Waals surface area contributed by atoms with Gasteiger partial charge in [-0.1, -0.05) is 52.9 Å². The quantitative estimate of drug-likeness (QED) is 0.850. The molecule has 0 unspecified atom stereocenters. The number of nitrogens with two attached hydrogens (primary N) is 1. The maximum Gasteiger partial charge on any atom is 0.230 e. The number of amides is 1. The Hall–Kier alpha value is -1.53. The molecule has 0 aliphatic rings. The third-order valence-electron chi connectivity index (χ3n) is 2.56. The number of anilines is 1. The van der Waals surface area contributed by atoms with Crippen LogP contribution in [-0.2, 0) is 4.79 Å². The van der Waals surface area contributed by atoms with Crippen LogP contribution in [0.1, 0.15) is 5.56 Å². The summed E-state index contributed by atoms with van der Waals surface area (Å²) in [6.07, 6.45) is 0. The van der Waals surface area contributed by atoms with Crippen molar-refractivity contribution in [2.24, 2.45) is 0 Å². The van der Waals surface area contributed by atoms with Crippen molar-refractivity contribution in [2.75, 3.05) is 18.5 Å². The second-order valence-electron chi connectivity index (χ2n) is 4.02. The molecule has 0 spiro atoms. The SMILES string of the molecule is CNC(=O)CSc1nc(-c2ccc(C)cc2)c(N)s1. The van der Waals surface area contributed by atoms with Gasteiger partial charge in [-0.2, -0.15) is 0 Å². The highest BCUT2D eigenvalue weighted by Gasteiger charge is 2.12. The second-order valence-corrected chi connectivity index (χ2v) is 6.27. The molecule has 1 amide bonds. The van der Waals surface area contributed by atoms with Crippen molar-refractivity contribution in [3.8, 4) is 11.3 Å². The molecule has 0 saturated carbocycles. The zero-order chi connectivity index (χ0) is 13.8. The molecule has 4 nitrogen and oxygen atoms in total. The molecule has 6 heteroatoms. The van der Waals surface area contributed by atoms with Gasteiger partial charge in [0.2, 0.25) is 5.91 Å². The Bertz CT molecular complexity index is 578. The first-order valence-electron chi connectivity index (χ1n) is 5.77. The van der Waals surface area contributed by atoms with Crippen LogP contribution in [0.25, 0.3) is 11.3 Å². The lowest BCUT2D eigenvalue weighted by atomic mass is 10.1. The molecule has 19 heavy (non-hydrogen) atoms. The predicted octanol–water partition coefficient (Wildman–Crippen LogP) is 2.54. The number of nitrogens with one attached hydrogen (secondary N) is 1. The standard InChI is InChI=1S/C13H15N3OS2/c1-8-3-5-9(6-4-8)11-12(14)19-13(16-11)18-7-10(17)15-2/h3-6H,7,14H2,1-2H3,(H,15,17). The summed E-state index contributed by atoms with van der Waals surface area (Å²) in [6, 6.07) is 8.08. The Morgan fingerprint density at radius 1 is 1.42 bits per heavy atom. The molecule has 100 valence electrons. The monoisotopic (exact) mass is 293 g/mol. The molecule has 0 radical (unpaired) electrons. The van der Waals surface area contributed by atoms with E-state index < -0.39 is 0 Å². The summed E-state index contributed by atoms with van der Waals surface area (Å²) in [5.74, 6) is 0.340. The zero-order valence-electron chi connectivity index (χ0n) is 10.8. The van der Waals surface area contributed by atoms with Crippen molar-refractivity contribution in [1.29, 1.82) is 0 Å². The van der Waals surface area contributed by atoms with Crippen molar-refractivity contribution in [2.45, 2.75) is 11.3 Å². The average Bonchev–Trinajstić information content (AvgIpc) is 2.78. The highest BCUT2D eigenvalue weighted by molar-refractivity contribution is 8.01. The molecule has 1 aromatic carbocycles. The smallest absolute Gasteiger partial charge is 0.230 e. The average molecular weight is 293 g/mol. The van der Waals surface area contributed by atoms with Gasteiger partial charge in [-0.3, -0.25) is 4.79 Å². The highest BCUT2D eigenvalue weighted by atomic mass is 32.2. The fourth-order valence-corrected chi connectivity index (χ4v) is 3.31. The number of rotatable bonds is 4. The van der Waals surface area contributed by atoms with Crippen molar-refractivity contribution in [3.63, 3.8) is 0 Å². The summed E-state index contributed by atoms with van der Waals surface area (Å²) < 4.78 is 0.816. The zero-order valence-corrected chi connectivity index (χ0v) is 12.4. The molecule has 1 aromatic heterocycles. The third-order valence-corrected chi connectivity index (χ3v) is 4.59. The number of aromatic nitrogens is 1. The van der Waals surface area contributed by atoms with E-state index in [-0.39, 0.29) is 5.91 Å². The number of benzene rings is 1. The number of hydrogen-bond acceptors (Lipinski definition) is 5. The lowest BCUT2D eigenvalue weighted by Gasteiger charge is -1.99. The number of thioether (sulfide) groups is 1. The number of thiazole rings is 1. The molecule has 0 atom stereocenters. The Balaban J connectivity index is 2.16. The van der Waals surface area contributed by atoms with E-state index in [1.165, 1.54) is 28.7 Å². The number of carbonyl (C=O) groups excluding carboxylic acids is 1. The summed E-state index contributed by atoms with van der Waals surface area (Å²) in [4.78, 5) is 15.7. The molecule has 2 aromatic rings. The minimum atomic E-state index is -0.0179. The lowest BCUT2D eigenvalue weighted by molar-refractivity contribution is -0.118. The predicted molar refractivity (Wildman–Crippen MR) is 81.5 cm³/mol.